The first-order valence-corrected chi connectivity index (χ1v) is 9.83. The smallest absolute Gasteiger partial charge is 0.250 e. The maximum absolute atomic E-state index is 12.1. The molecule has 4 aliphatic rings. The fourth-order valence-corrected chi connectivity index (χ4v) is 6.03. The van der Waals surface area contributed by atoms with Crippen molar-refractivity contribution in [3.63, 3.8) is 0 Å². The molecule has 1 aromatic heterocycles. The van der Waals surface area contributed by atoms with E-state index in [0.29, 0.717) is 17.9 Å². The Labute approximate surface area is 148 Å². The van der Waals surface area contributed by atoms with Gasteiger partial charge in [-0.25, -0.2) is 0 Å². The summed E-state index contributed by atoms with van der Waals surface area (Å²) in [6.45, 7) is 2.79. The lowest BCUT2D eigenvalue weighted by atomic mass is 9.83. The topological polar surface area (TPSA) is 37.3 Å². The first-order chi connectivity index (χ1) is 11.7. The highest BCUT2D eigenvalue weighted by molar-refractivity contribution is 7.80. The summed E-state index contributed by atoms with van der Waals surface area (Å²) in [5.74, 6) is 2.76. The van der Waals surface area contributed by atoms with E-state index < -0.39 is 0 Å². The highest BCUT2D eigenvalue weighted by Gasteiger charge is 2.41. The molecule has 1 saturated heterocycles. The summed E-state index contributed by atoms with van der Waals surface area (Å²) in [7, 11) is 0. The first-order valence-electron chi connectivity index (χ1n) is 9.42. The molecule has 0 radical (unpaired) electrons. The van der Waals surface area contributed by atoms with Crippen LogP contribution in [0, 0.1) is 17.8 Å². The molecule has 3 heterocycles. The molecule has 24 heavy (non-hydrogen) atoms. The minimum atomic E-state index is 0.151. The molecule has 5 atom stereocenters. The summed E-state index contributed by atoms with van der Waals surface area (Å²) in [6.07, 6.45) is 6.71. The van der Waals surface area contributed by atoms with Gasteiger partial charge in [0.05, 0.1) is 0 Å². The number of aromatic nitrogens is 1. The third kappa shape index (κ3) is 2.40. The van der Waals surface area contributed by atoms with E-state index in [1.54, 1.807) is 6.07 Å². The number of pyridine rings is 1. The second-order valence-electron chi connectivity index (χ2n) is 8.33. The molecule has 128 valence electrons. The Kier molecular flexibility index (Phi) is 3.47. The fourth-order valence-electron chi connectivity index (χ4n) is 5.73. The molecule has 5 heteroatoms. The van der Waals surface area contributed by atoms with E-state index in [9.17, 15) is 4.79 Å². The number of fused-ring (bicyclic) bond motifs is 6. The number of thiocarbonyl (C=S) groups is 1. The molecule has 0 unspecified atom stereocenters. The zero-order chi connectivity index (χ0) is 16.3. The van der Waals surface area contributed by atoms with Gasteiger partial charge in [-0.15, -0.1) is 0 Å². The van der Waals surface area contributed by atoms with Crippen LogP contribution in [-0.2, 0) is 6.54 Å². The van der Waals surface area contributed by atoms with E-state index in [2.05, 4.69) is 16.3 Å². The highest BCUT2D eigenvalue weighted by atomic mass is 32.1. The summed E-state index contributed by atoms with van der Waals surface area (Å²) in [6, 6.07) is 6.31. The molecular weight excluding hydrogens is 318 g/mol. The number of nitrogens with one attached hydrogen (secondary N) is 1. The van der Waals surface area contributed by atoms with E-state index in [1.807, 2.05) is 10.6 Å². The molecule has 2 saturated carbocycles. The van der Waals surface area contributed by atoms with Gasteiger partial charge in [0.2, 0.25) is 0 Å². The van der Waals surface area contributed by atoms with Crippen molar-refractivity contribution in [3.8, 4) is 0 Å². The van der Waals surface area contributed by atoms with Gasteiger partial charge in [-0.1, -0.05) is 12.5 Å². The van der Waals surface area contributed by atoms with Crippen molar-refractivity contribution in [3.05, 3.63) is 34.2 Å². The first kappa shape index (κ1) is 14.9. The van der Waals surface area contributed by atoms with Crippen molar-refractivity contribution in [2.45, 2.75) is 50.6 Å². The van der Waals surface area contributed by atoms with Gasteiger partial charge in [0, 0.05) is 43.4 Å². The molecular formula is C19H25N3OS. The SMILES string of the molecule is O=c1cccc2n1C[C@H]1C[C@@H]2CN(C(=S)N[C@H]2C[C@@H]3CC[C@H]2C3)C1. The number of likely N-dealkylation sites (tertiary alicyclic amines) is 1. The van der Waals surface area contributed by atoms with Gasteiger partial charge in [-0.3, -0.25) is 4.79 Å². The van der Waals surface area contributed by atoms with Crippen LogP contribution in [0.25, 0.3) is 0 Å². The maximum atomic E-state index is 12.1. The van der Waals surface area contributed by atoms with E-state index in [-0.39, 0.29) is 5.56 Å². The summed E-state index contributed by atoms with van der Waals surface area (Å²) in [4.78, 5) is 14.5. The number of rotatable bonds is 1. The summed E-state index contributed by atoms with van der Waals surface area (Å²) in [5.41, 5.74) is 1.35. The Hall–Kier alpha value is -1.36. The quantitative estimate of drug-likeness (QED) is 0.794. The molecule has 5 rings (SSSR count). The lowest BCUT2D eigenvalue weighted by Gasteiger charge is -2.44. The van der Waals surface area contributed by atoms with Crippen LogP contribution in [-0.4, -0.2) is 33.7 Å². The van der Waals surface area contributed by atoms with E-state index in [0.717, 1.165) is 36.6 Å². The van der Waals surface area contributed by atoms with Crippen LogP contribution in [0.2, 0.25) is 0 Å². The van der Waals surface area contributed by atoms with Crippen LogP contribution in [0.1, 0.15) is 43.7 Å². The van der Waals surface area contributed by atoms with E-state index in [1.165, 1.54) is 37.8 Å². The van der Waals surface area contributed by atoms with E-state index >= 15 is 0 Å². The third-order valence-electron chi connectivity index (χ3n) is 6.81. The van der Waals surface area contributed by atoms with Crippen molar-refractivity contribution < 1.29 is 0 Å². The predicted molar refractivity (Wildman–Crippen MR) is 98.1 cm³/mol. The summed E-state index contributed by atoms with van der Waals surface area (Å²) < 4.78 is 1.99. The average molecular weight is 343 g/mol. The van der Waals surface area contributed by atoms with Gasteiger partial charge in [-0.2, -0.15) is 0 Å². The Bertz CT molecular complexity index is 730. The number of hydrogen-bond donors (Lipinski definition) is 1. The number of piperidine rings is 1. The second kappa shape index (κ2) is 5.58. The van der Waals surface area contributed by atoms with Crippen LogP contribution >= 0.6 is 12.2 Å². The van der Waals surface area contributed by atoms with Gasteiger partial charge in [0.15, 0.2) is 5.11 Å². The largest absolute Gasteiger partial charge is 0.360 e. The lowest BCUT2D eigenvalue weighted by Crippen LogP contribution is -2.54. The summed E-state index contributed by atoms with van der Waals surface area (Å²) >= 11 is 5.77. The van der Waals surface area contributed by atoms with Crippen molar-refractivity contribution in [1.29, 1.82) is 0 Å². The Morgan fingerprint density at radius 3 is 2.79 bits per heavy atom. The van der Waals surface area contributed by atoms with Crippen LogP contribution in [0.3, 0.4) is 0 Å². The lowest BCUT2D eigenvalue weighted by molar-refractivity contribution is 0.175. The standard InChI is InChI=1S/C19H25N3OS/c23-18-3-1-2-17-15-7-13(10-22(17)18)9-21(11-15)19(24)20-16-8-12-4-5-14(16)6-12/h1-3,12-16H,4-11H2,(H,20,24)/t12-,13+,14+,15-,16+/m1/s1. The van der Waals surface area contributed by atoms with Crippen LogP contribution in [0.4, 0.5) is 0 Å². The fraction of sp³-hybridized carbons (Fsp3) is 0.684. The molecule has 0 aromatic carbocycles. The van der Waals surface area contributed by atoms with Crippen molar-refractivity contribution in [2.75, 3.05) is 13.1 Å². The molecule has 3 fully saturated rings. The van der Waals surface area contributed by atoms with Crippen LogP contribution in [0.5, 0.6) is 0 Å². The predicted octanol–water partition coefficient (Wildman–Crippen LogP) is 2.33. The van der Waals surface area contributed by atoms with Gasteiger partial charge in [0.1, 0.15) is 0 Å². The normalized spacial score (nSPS) is 36.5. The van der Waals surface area contributed by atoms with Gasteiger partial charge < -0.3 is 14.8 Å². The molecule has 1 aromatic rings. The van der Waals surface area contributed by atoms with Gasteiger partial charge in [0.25, 0.3) is 5.56 Å². The Balaban J connectivity index is 1.31. The Morgan fingerprint density at radius 2 is 2.00 bits per heavy atom. The molecule has 0 spiro atoms. The monoisotopic (exact) mass is 343 g/mol. The minimum absolute atomic E-state index is 0.151. The molecule has 4 bridgehead atoms. The number of hydrogen-bond acceptors (Lipinski definition) is 2. The van der Waals surface area contributed by atoms with Crippen molar-refractivity contribution in [1.82, 2.24) is 14.8 Å². The van der Waals surface area contributed by atoms with Crippen molar-refractivity contribution >= 4 is 17.3 Å². The second-order valence-corrected chi connectivity index (χ2v) is 8.72. The molecule has 4 nitrogen and oxygen atoms in total. The highest BCUT2D eigenvalue weighted by Crippen LogP contribution is 2.44. The zero-order valence-corrected chi connectivity index (χ0v) is 14.8. The van der Waals surface area contributed by atoms with E-state index in [4.69, 9.17) is 12.2 Å². The molecule has 2 aliphatic carbocycles. The average Bonchev–Trinajstić information content (AvgIpc) is 3.18. The Morgan fingerprint density at radius 1 is 1.08 bits per heavy atom. The number of nitrogens with zero attached hydrogens (tertiary/aromatic N) is 2. The van der Waals surface area contributed by atoms with Gasteiger partial charge >= 0.3 is 0 Å². The molecule has 1 N–H and O–H groups in total. The van der Waals surface area contributed by atoms with Crippen LogP contribution in [0.15, 0.2) is 23.0 Å². The van der Waals surface area contributed by atoms with Crippen LogP contribution < -0.4 is 10.9 Å². The minimum Gasteiger partial charge on any atom is -0.360 e. The maximum Gasteiger partial charge on any atom is 0.250 e. The molecule has 0 amide bonds. The van der Waals surface area contributed by atoms with Crippen molar-refractivity contribution in [2.24, 2.45) is 17.8 Å². The molecule has 2 aliphatic heterocycles. The van der Waals surface area contributed by atoms with Gasteiger partial charge in [-0.05, 0) is 61.7 Å². The zero-order valence-electron chi connectivity index (χ0n) is 14.0. The third-order valence-corrected chi connectivity index (χ3v) is 7.19. The summed E-state index contributed by atoms with van der Waals surface area (Å²) in [5, 5.41) is 4.65.